The van der Waals surface area contributed by atoms with E-state index < -0.39 is 11.8 Å². The van der Waals surface area contributed by atoms with Crippen molar-refractivity contribution in [1.29, 1.82) is 0 Å². The number of nitrogen functional groups attached to an aromatic ring is 1. The topological polar surface area (TPSA) is 83.0 Å². The number of carbonyl (C=O) groups excluding carboxylic acids is 1. The lowest BCUT2D eigenvalue weighted by Crippen LogP contribution is -2.08. The second kappa shape index (κ2) is 4.44. The summed E-state index contributed by atoms with van der Waals surface area (Å²) in [4.78, 5) is 11.3. The summed E-state index contributed by atoms with van der Waals surface area (Å²) in [5, 5.41) is 7.22. The molecule has 94 valence electrons. The van der Waals surface area contributed by atoms with Gasteiger partial charge in [-0.05, 0) is 24.6 Å². The Labute approximate surface area is 102 Å². The zero-order valence-electron chi connectivity index (χ0n) is 9.85. The number of methoxy groups -OCH3 is 1. The quantitative estimate of drug-likeness (QED) is 0.806. The lowest BCUT2D eigenvalue weighted by molar-refractivity contribution is 0.0595. The van der Waals surface area contributed by atoms with Gasteiger partial charge in [0.05, 0.1) is 7.11 Å². The number of anilines is 1. The molecule has 2 N–H and O–H groups in total. The fourth-order valence-electron chi connectivity index (χ4n) is 1.49. The van der Waals surface area contributed by atoms with Crippen molar-refractivity contribution < 1.29 is 13.9 Å². The SMILES string of the molecule is COC(=O)c1nnn(-c2ccc(C)cc2F)c1N. The molecule has 0 aliphatic rings. The van der Waals surface area contributed by atoms with E-state index in [1.807, 2.05) is 0 Å². The Morgan fingerprint density at radius 3 is 2.83 bits per heavy atom. The molecule has 0 saturated heterocycles. The van der Waals surface area contributed by atoms with Gasteiger partial charge in [-0.25, -0.2) is 9.18 Å². The molecule has 0 fully saturated rings. The number of nitrogens with two attached hydrogens (primary N) is 1. The number of aromatic nitrogens is 3. The number of carbonyl (C=O) groups is 1. The van der Waals surface area contributed by atoms with Crippen LogP contribution >= 0.6 is 0 Å². The lowest BCUT2D eigenvalue weighted by Gasteiger charge is -2.05. The van der Waals surface area contributed by atoms with Crippen LogP contribution in [0.25, 0.3) is 5.69 Å². The maximum absolute atomic E-state index is 13.7. The third-order valence-electron chi connectivity index (χ3n) is 2.42. The Morgan fingerprint density at radius 1 is 1.50 bits per heavy atom. The van der Waals surface area contributed by atoms with Crippen molar-refractivity contribution in [2.24, 2.45) is 0 Å². The number of halogens is 1. The minimum atomic E-state index is -0.716. The van der Waals surface area contributed by atoms with Crippen LogP contribution in [0.5, 0.6) is 0 Å². The lowest BCUT2D eigenvalue weighted by atomic mass is 10.2. The molecule has 2 aromatic rings. The monoisotopic (exact) mass is 250 g/mol. The number of esters is 1. The van der Waals surface area contributed by atoms with Gasteiger partial charge in [0.2, 0.25) is 5.69 Å². The van der Waals surface area contributed by atoms with E-state index in [-0.39, 0.29) is 17.2 Å². The van der Waals surface area contributed by atoms with Crippen molar-refractivity contribution in [1.82, 2.24) is 15.0 Å². The fourth-order valence-corrected chi connectivity index (χ4v) is 1.49. The summed E-state index contributed by atoms with van der Waals surface area (Å²) in [6.45, 7) is 1.76. The van der Waals surface area contributed by atoms with E-state index in [0.717, 1.165) is 10.2 Å². The average molecular weight is 250 g/mol. The number of rotatable bonds is 2. The normalized spacial score (nSPS) is 10.4. The van der Waals surface area contributed by atoms with E-state index >= 15 is 0 Å². The van der Waals surface area contributed by atoms with Crippen LogP contribution in [0.4, 0.5) is 10.2 Å². The van der Waals surface area contributed by atoms with Crippen molar-refractivity contribution in [3.05, 3.63) is 35.3 Å². The number of benzene rings is 1. The van der Waals surface area contributed by atoms with Crippen molar-refractivity contribution >= 4 is 11.8 Å². The van der Waals surface area contributed by atoms with Crippen molar-refractivity contribution in [2.45, 2.75) is 6.92 Å². The Morgan fingerprint density at radius 2 is 2.22 bits per heavy atom. The molecule has 7 heteroatoms. The van der Waals surface area contributed by atoms with E-state index in [0.29, 0.717) is 0 Å². The minimum Gasteiger partial charge on any atom is -0.464 e. The van der Waals surface area contributed by atoms with Crippen LogP contribution in [0.3, 0.4) is 0 Å². The predicted octanol–water partition coefficient (Wildman–Crippen LogP) is 1.08. The average Bonchev–Trinajstić information content (AvgIpc) is 2.70. The van der Waals surface area contributed by atoms with Crippen LogP contribution in [0.2, 0.25) is 0 Å². The second-order valence-electron chi connectivity index (χ2n) is 3.68. The van der Waals surface area contributed by atoms with Gasteiger partial charge in [-0.1, -0.05) is 11.3 Å². The zero-order chi connectivity index (χ0) is 13.3. The first-order chi connectivity index (χ1) is 8.54. The van der Waals surface area contributed by atoms with Crippen LogP contribution in [-0.2, 0) is 4.74 Å². The maximum Gasteiger partial charge on any atom is 0.362 e. The Bertz CT molecular complexity index is 609. The minimum absolute atomic E-state index is 0.0652. The molecule has 0 saturated carbocycles. The molecule has 1 heterocycles. The first-order valence-corrected chi connectivity index (χ1v) is 5.10. The number of hydrogen-bond donors (Lipinski definition) is 1. The van der Waals surface area contributed by atoms with Crippen LogP contribution in [-0.4, -0.2) is 28.1 Å². The van der Waals surface area contributed by atoms with E-state index in [4.69, 9.17) is 5.73 Å². The van der Waals surface area contributed by atoms with Gasteiger partial charge in [-0.15, -0.1) is 5.10 Å². The number of aryl methyl sites for hydroxylation is 1. The van der Waals surface area contributed by atoms with E-state index in [9.17, 15) is 9.18 Å². The van der Waals surface area contributed by atoms with Crippen LogP contribution < -0.4 is 5.73 Å². The standard InChI is InChI=1S/C11H11FN4O2/c1-6-3-4-8(7(12)5-6)16-10(13)9(14-15-16)11(17)18-2/h3-5H,13H2,1-2H3. The molecule has 1 aromatic heterocycles. The van der Waals surface area contributed by atoms with Gasteiger partial charge in [0, 0.05) is 0 Å². The third-order valence-corrected chi connectivity index (χ3v) is 2.42. The Balaban J connectivity index is 2.52. The highest BCUT2D eigenvalue weighted by molar-refractivity contribution is 5.92. The van der Waals surface area contributed by atoms with E-state index in [1.54, 1.807) is 13.0 Å². The second-order valence-corrected chi connectivity index (χ2v) is 3.68. The van der Waals surface area contributed by atoms with Crippen LogP contribution in [0, 0.1) is 12.7 Å². The smallest absolute Gasteiger partial charge is 0.362 e. The Kier molecular flexibility index (Phi) is 2.97. The number of nitrogens with zero attached hydrogens (tertiary/aromatic N) is 3. The van der Waals surface area contributed by atoms with Crippen molar-refractivity contribution in [3.8, 4) is 5.69 Å². The number of ether oxygens (including phenoxy) is 1. The van der Waals surface area contributed by atoms with Crippen molar-refractivity contribution in [2.75, 3.05) is 12.8 Å². The molecule has 0 aliphatic heterocycles. The molecule has 0 amide bonds. The molecule has 0 unspecified atom stereocenters. The molecule has 0 spiro atoms. The van der Waals surface area contributed by atoms with Crippen molar-refractivity contribution in [3.63, 3.8) is 0 Å². The van der Waals surface area contributed by atoms with Gasteiger partial charge in [0.15, 0.2) is 5.82 Å². The summed E-state index contributed by atoms with van der Waals surface area (Å²) in [5.74, 6) is -1.28. The molecule has 1 aromatic carbocycles. The maximum atomic E-state index is 13.7. The molecule has 2 rings (SSSR count). The Hall–Kier alpha value is -2.44. The van der Waals surface area contributed by atoms with E-state index in [1.165, 1.54) is 19.2 Å². The largest absolute Gasteiger partial charge is 0.464 e. The van der Waals surface area contributed by atoms with Gasteiger partial charge in [-0.2, -0.15) is 4.68 Å². The fraction of sp³-hybridized carbons (Fsp3) is 0.182. The first kappa shape index (κ1) is 12.0. The van der Waals surface area contributed by atoms with Crippen LogP contribution in [0.15, 0.2) is 18.2 Å². The highest BCUT2D eigenvalue weighted by Gasteiger charge is 2.20. The summed E-state index contributed by atoms with van der Waals surface area (Å²) in [5.41, 5.74) is 6.44. The zero-order valence-corrected chi connectivity index (χ0v) is 9.85. The molecule has 0 aliphatic carbocycles. The predicted molar refractivity (Wildman–Crippen MR) is 61.8 cm³/mol. The molecule has 0 atom stereocenters. The van der Waals surface area contributed by atoms with Gasteiger partial charge in [0.25, 0.3) is 0 Å². The molecule has 0 bridgehead atoms. The van der Waals surface area contributed by atoms with Gasteiger partial charge >= 0.3 is 5.97 Å². The summed E-state index contributed by atoms with van der Waals surface area (Å²) in [7, 11) is 1.20. The summed E-state index contributed by atoms with van der Waals surface area (Å²) in [6.07, 6.45) is 0. The summed E-state index contributed by atoms with van der Waals surface area (Å²) >= 11 is 0. The third kappa shape index (κ3) is 1.90. The van der Waals surface area contributed by atoms with Gasteiger partial charge < -0.3 is 10.5 Å². The molecule has 0 radical (unpaired) electrons. The molecule has 18 heavy (non-hydrogen) atoms. The molecule has 6 nitrogen and oxygen atoms in total. The van der Waals surface area contributed by atoms with Crippen LogP contribution in [0.1, 0.15) is 16.1 Å². The number of hydrogen-bond acceptors (Lipinski definition) is 5. The summed E-state index contributed by atoms with van der Waals surface area (Å²) < 4.78 is 19.3. The summed E-state index contributed by atoms with van der Waals surface area (Å²) in [6, 6.07) is 4.56. The highest BCUT2D eigenvalue weighted by Crippen LogP contribution is 2.19. The molecular weight excluding hydrogens is 239 g/mol. The van der Waals surface area contributed by atoms with Gasteiger partial charge in [0.1, 0.15) is 11.5 Å². The highest BCUT2D eigenvalue weighted by atomic mass is 19.1. The van der Waals surface area contributed by atoms with Gasteiger partial charge in [-0.3, -0.25) is 0 Å². The molecular formula is C11H11FN4O2. The van der Waals surface area contributed by atoms with E-state index in [2.05, 4.69) is 15.0 Å². The first-order valence-electron chi connectivity index (χ1n) is 5.10.